The average molecular weight is 653 g/mol. The van der Waals surface area contributed by atoms with Crippen LogP contribution in [0.3, 0.4) is 0 Å². The van der Waals surface area contributed by atoms with Gasteiger partial charge >= 0.3 is 6.09 Å². The first-order chi connectivity index (χ1) is 22.2. The monoisotopic (exact) mass is 652 g/mol. The number of fused-ring (bicyclic) bond motifs is 2. The number of carbonyl (C=O) groups is 1. The van der Waals surface area contributed by atoms with Crippen molar-refractivity contribution in [2.45, 2.75) is 65.1 Å². The van der Waals surface area contributed by atoms with Crippen LogP contribution in [0.4, 0.5) is 4.79 Å². The molecule has 1 aliphatic heterocycles. The van der Waals surface area contributed by atoms with E-state index in [1.165, 1.54) is 38.1 Å². The number of H-pyrrole nitrogens is 2. The van der Waals surface area contributed by atoms with E-state index in [2.05, 4.69) is 87.0 Å². The van der Waals surface area contributed by atoms with Gasteiger partial charge in [-0.15, -0.1) is 22.7 Å². The first-order valence-corrected chi connectivity index (χ1v) is 17.7. The number of thiophene rings is 2. The van der Waals surface area contributed by atoms with Crippen molar-refractivity contribution < 1.29 is 9.53 Å². The summed E-state index contributed by atoms with van der Waals surface area (Å²) < 4.78 is 8.23. The number of amides is 1. The second-order valence-electron chi connectivity index (χ2n) is 13.2. The van der Waals surface area contributed by atoms with Gasteiger partial charge < -0.3 is 19.6 Å². The number of aromatic amines is 2. The third-order valence-electron chi connectivity index (χ3n) is 8.55. The van der Waals surface area contributed by atoms with E-state index in [0.717, 1.165) is 53.3 Å². The fourth-order valence-corrected chi connectivity index (χ4v) is 8.72. The molecule has 0 saturated carbocycles. The third-order valence-corrected chi connectivity index (χ3v) is 10.7. The zero-order valence-corrected chi connectivity index (χ0v) is 28.6. The van der Waals surface area contributed by atoms with Crippen molar-refractivity contribution in [3.63, 3.8) is 0 Å². The lowest BCUT2D eigenvalue weighted by Crippen LogP contribution is -2.37. The molecule has 5 heterocycles. The molecule has 1 aliphatic rings. The predicted molar refractivity (Wildman–Crippen MR) is 189 cm³/mol. The van der Waals surface area contributed by atoms with Crippen LogP contribution in [-0.2, 0) is 11.3 Å². The maximum absolute atomic E-state index is 12.7. The minimum Gasteiger partial charge on any atom is -0.444 e. The minimum absolute atomic E-state index is 0.321. The van der Waals surface area contributed by atoms with Crippen LogP contribution in [0, 0.1) is 0 Å². The molecule has 2 N–H and O–H groups in total. The predicted octanol–water partition coefficient (Wildman–Crippen LogP) is 9.48. The number of nitrogens with zero attached hydrogens (tertiary/aromatic N) is 4. The molecule has 8 nitrogen and oxygen atoms in total. The Morgan fingerprint density at radius 3 is 2.39 bits per heavy atom. The molecule has 6 aromatic rings. The average Bonchev–Trinajstić information content (AvgIpc) is 3.85. The zero-order chi connectivity index (χ0) is 32.0. The van der Waals surface area contributed by atoms with Crippen LogP contribution in [-0.4, -0.2) is 61.6 Å². The van der Waals surface area contributed by atoms with Gasteiger partial charge in [0.15, 0.2) is 0 Å². The minimum atomic E-state index is -0.539. The van der Waals surface area contributed by atoms with Crippen molar-refractivity contribution in [3.05, 3.63) is 71.1 Å². The Kier molecular flexibility index (Phi) is 8.21. The summed E-state index contributed by atoms with van der Waals surface area (Å²) in [6.07, 6.45) is 4.74. The maximum Gasteiger partial charge on any atom is 0.410 e. The highest BCUT2D eigenvalue weighted by molar-refractivity contribution is 7.27. The summed E-state index contributed by atoms with van der Waals surface area (Å²) in [4.78, 5) is 33.3. The Bertz CT molecular complexity index is 1990. The van der Waals surface area contributed by atoms with Crippen LogP contribution in [0.5, 0.6) is 0 Å². The van der Waals surface area contributed by atoms with Crippen LogP contribution in [0.15, 0.2) is 59.4 Å². The molecule has 1 saturated heterocycles. The number of nitrogens with one attached hydrogen (secondary N) is 2. The molecule has 10 heteroatoms. The standard InChI is InChI=1S/C36H40N6O2S2/c1-6-15-42(35(43)44-36(2,3)4)19-31-37-18-29(38-31)23-11-9-22(10-12-23)25-20-45-33-26(21-46-32(25)33)24-13-14-27-28(17-24)40-34(39-27)30-8-7-16-41(30)5/h9-14,17-18,20-21,30H,6-8,15-16,19H2,1-5H3,(H,37,38)(H,39,40). The molecule has 0 bridgehead atoms. The quantitative estimate of drug-likeness (QED) is 0.171. The Labute approximate surface area is 277 Å². The van der Waals surface area contributed by atoms with Gasteiger partial charge in [-0.25, -0.2) is 14.8 Å². The van der Waals surface area contributed by atoms with Gasteiger partial charge in [0, 0.05) is 28.4 Å². The van der Waals surface area contributed by atoms with Gasteiger partial charge in [-0.2, -0.15) is 0 Å². The van der Waals surface area contributed by atoms with Crippen LogP contribution < -0.4 is 0 Å². The molecule has 2 aromatic carbocycles. The molecular weight excluding hydrogens is 613 g/mol. The van der Waals surface area contributed by atoms with E-state index in [0.29, 0.717) is 19.1 Å². The number of imidazole rings is 2. The number of hydrogen-bond donors (Lipinski definition) is 2. The molecule has 46 heavy (non-hydrogen) atoms. The van der Waals surface area contributed by atoms with Gasteiger partial charge in [0.25, 0.3) is 0 Å². The number of ether oxygens (including phenoxy) is 1. The second kappa shape index (κ2) is 12.3. The lowest BCUT2D eigenvalue weighted by molar-refractivity contribution is 0.0229. The van der Waals surface area contributed by atoms with E-state index < -0.39 is 5.60 Å². The molecule has 1 unspecified atom stereocenters. The molecule has 1 atom stereocenters. The summed E-state index contributed by atoms with van der Waals surface area (Å²) in [5.74, 6) is 1.81. The summed E-state index contributed by atoms with van der Waals surface area (Å²) in [5.41, 5.74) is 8.51. The Morgan fingerprint density at radius 2 is 1.72 bits per heavy atom. The van der Waals surface area contributed by atoms with Gasteiger partial charge in [-0.05, 0) is 82.4 Å². The summed E-state index contributed by atoms with van der Waals surface area (Å²) in [7, 11) is 2.19. The molecule has 0 radical (unpaired) electrons. The number of likely N-dealkylation sites (tertiary alicyclic amines) is 1. The van der Waals surface area contributed by atoms with Gasteiger partial charge in [0.1, 0.15) is 17.2 Å². The molecule has 0 spiro atoms. The Balaban J connectivity index is 1.08. The van der Waals surface area contributed by atoms with Crippen LogP contribution >= 0.6 is 22.7 Å². The van der Waals surface area contributed by atoms with E-state index in [-0.39, 0.29) is 6.09 Å². The normalized spacial score (nSPS) is 15.7. The summed E-state index contributed by atoms with van der Waals surface area (Å²) in [6.45, 7) is 9.81. The van der Waals surface area contributed by atoms with Crippen LogP contribution in [0.2, 0.25) is 0 Å². The third kappa shape index (κ3) is 6.09. The highest BCUT2D eigenvalue weighted by Crippen LogP contribution is 2.44. The van der Waals surface area contributed by atoms with Crippen molar-refractivity contribution >= 4 is 49.2 Å². The van der Waals surface area contributed by atoms with Crippen molar-refractivity contribution in [2.24, 2.45) is 0 Å². The number of rotatable bonds is 8. The zero-order valence-electron chi connectivity index (χ0n) is 27.0. The van der Waals surface area contributed by atoms with Crippen molar-refractivity contribution in [1.82, 2.24) is 29.7 Å². The van der Waals surface area contributed by atoms with Crippen molar-refractivity contribution in [1.29, 1.82) is 0 Å². The van der Waals surface area contributed by atoms with Crippen LogP contribution in [0.25, 0.3) is 53.9 Å². The molecular formula is C36H40N6O2S2. The fraction of sp³-hybridized carbons (Fsp3) is 0.361. The molecule has 238 valence electrons. The van der Waals surface area contributed by atoms with E-state index in [1.807, 2.05) is 27.0 Å². The van der Waals surface area contributed by atoms with Gasteiger partial charge in [0.05, 0.1) is 44.9 Å². The van der Waals surface area contributed by atoms with Gasteiger partial charge in [-0.1, -0.05) is 37.3 Å². The maximum atomic E-state index is 12.7. The van der Waals surface area contributed by atoms with Gasteiger partial charge in [-0.3, -0.25) is 4.90 Å². The molecule has 4 aromatic heterocycles. The number of benzene rings is 2. The summed E-state index contributed by atoms with van der Waals surface area (Å²) >= 11 is 3.61. The van der Waals surface area contributed by atoms with Gasteiger partial charge in [0.2, 0.25) is 0 Å². The fourth-order valence-electron chi connectivity index (χ4n) is 6.26. The second-order valence-corrected chi connectivity index (χ2v) is 14.9. The SMILES string of the molecule is CCCN(Cc1ncc(-c2ccc(-c3csc4c(-c5ccc6nc(C7CCCN7C)[nH]c6c5)csc34)cc2)[nH]1)C(=O)OC(C)(C)C. The Morgan fingerprint density at radius 1 is 1.02 bits per heavy atom. The lowest BCUT2D eigenvalue weighted by atomic mass is 10.0. The molecule has 7 rings (SSSR count). The Hall–Kier alpha value is -3.99. The summed E-state index contributed by atoms with van der Waals surface area (Å²) in [5, 5.41) is 4.56. The van der Waals surface area contributed by atoms with E-state index >= 15 is 0 Å². The highest BCUT2D eigenvalue weighted by Gasteiger charge is 2.26. The first kappa shape index (κ1) is 30.7. The number of carbonyl (C=O) groups excluding carboxylic acids is 1. The largest absolute Gasteiger partial charge is 0.444 e. The van der Waals surface area contributed by atoms with Crippen LogP contribution in [0.1, 0.15) is 64.6 Å². The molecule has 0 aliphatic carbocycles. The van der Waals surface area contributed by atoms with E-state index in [4.69, 9.17) is 9.72 Å². The molecule has 1 fully saturated rings. The molecule has 1 amide bonds. The smallest absolute Gasteiger partial charge is 0.410 e. The highest BCUT2D eigenvalue weighted by atomic mass is 32.1. The topological polar surface area (TPSA) is 90.1 Å². The lowest BCUT2D eigenvalue weighted by Gasteiger charge is -2.26. The summed E-state index contributed by atoms with van der Waals surface area (Å²) in [6, 6.07) is 15.6. The van der Waals surface area contributed by atoms with E-state index in [9.17, 15) is 4.79 Å². The number of aromatic nitrogens is 4. The van der Waals surface area contributed by atoms with E-state index in [1.54, 1.807) is 27.6 Å². The van der Waals surface area contributed by atoms with Crippen molar-refractivity contribution in [3.8, 4) is 33.5 Å². The van der Waals surface area contributed by atoms with Crippen molar-refractivity contribution in [2.75, 3.05) is 20.1 Å². The first-order valence-electron chi connectivity index (χ1n) is 16.0. The number of hydrogen-bond acceptors (Lipinski definition) is 7.